The second-order valence-electron chi connectivity index (χ2n) is 5.70. The number of anilines is 1. The first-order valence-corrected chi connectivity index (χ1v) is 8.04. The van der Waals surface area contributed by atoms with E-state index in [2.05, 4.69) is 6.07 Å². The third kappa shape index (κ3) is 3.38. The fraction of sp³-hybridized carbons (Fsp3) is 0.200. The standard InChI is InChI=1S/C20H17FN2O2/c1-2-25-20(24)17-9-8-16(10-19(17)21)23-12-15(11-22)18(13-23)14-6-4-3-5-7-14/h3-10,12,18H,2,13H2,1H3. The summed E-state index contributed by atoms with van der Waals surface area (Å²) in [4.78, 5) is 13.5. The van der Waals surface area contributed by atoms with E-state index in [0.717, 1.165) is 5.56 Å². The van der Waals surface area contributed by atoms with E-state index in [1.807, 2.05) is 35.2 Å². The van der Waals surface area contributed by atoms with Crippen molar-refractivity contribution in [3.63, 3.8) is 0 Å². The zero-order valence-corrected chi connectivity index (χ0v) is 13.8. The molecule has 2 aromatic rings. The van der Waals surface area contributed by atoms with E-state index < -0.39 is 11.8 Å². The molecular weight excluding hydrogens is 319 g/mol. The number of rotatable bonds is 4. The van der Waals surface area contributed by atoms with Gasteiger partial charge in [-0.05, 0) is 30.7 Å². The first kappa shape index (κ1) is 16.7. The fourth-order valence-corrected chi connectivity index (χ4v) is 2.92. The lowest BCUT2D eigenvalue weighted by Crippen LogP contribution is -2.17. The van der Waals surface area contributed by atoms with Gasteiger partial charge >= 0.3 is 5.97 Å². The molecule has 2 aromatic carbocycles. The van der Waals surface area contributed by atoms with Gasteiger partial charge in [0.15, 0.2) is 0 Å². The Hall–Kier alpha value is -3.13. The van der Waals surface area contributed by atoms with E-state index in [4.69, 9.17) is 4.74 Å². The number of hydrogen-bond donors (Lipinski definition) is 0. The molecule has 0 fully saturated rings. The summed E-state index contributed by atoms with van der Waals surface area (Å²) in [5.74, 6) is -1.37. The monoisotopic (exact) mass is 336 g/mol. The summed E-state index contributed by atoms with van der Waals surface area (Å²) >= 11 is 0. The summed E-state index contributed by atoms with van der Waals surface area (Å²) in [7, 11) is 0. The molecule has 0 bridgehead atoms. The summed E-state index contributed by atoms with van der Waals surface area (Å²) in [6, 6.07) is 16.3. The summed E-state index contributed by atoms with van der Waals surface area (Å²) in [6.45, 7) is 2.41. The third-order valence-corrected chi connectivity index (χ3v) is 4.16. The van der Waals surface area contributed by atoms with Crippen molar-refractivity contribution in [3.05, 3.63) is 77.2 Å². The van der Waals surface area contributed by atoms with Crippen LogP contribution in [-0.4, -0.2) is 19.1 Å². The number of benzene rings is 2. The lowest BCUT2D eigenvalue weighted by molar-refractivity contribution is 0.0521. The van der Waals surface area contributed by atoms with Crippen LogP contribution in [0.15, 0.2) is 60.3 Å². The van der Waals surface area contributed by atoms with Gasteiger partial charge in [-0.3, -0.25) is 0 Å². The lowest BCUT2D eigenvalue weighted by Gasteiger charge is -2.19. The minimum absolute atomic E-state index is 0.0565. The molecule has 5 heteroatoms. The number of carbonyl (C=O) groups is 1. The van der Waals surface area contributed by atoms with Gasteiger partial charge in [0.25, 0.3) is 0 Å². The van der Waals surface area contributed by atoms with Crippen LogP contribution in [0.5, 0.6) is 0 Å². The minimum atomic E-state index is -0.677. The molecule has 0 amide bonds. The smallest absolute Gasteiger partial charge is 0.341 e. The van der Waals surface area contributed by atoms with E-state index in [-0.39, 0.29) is 18.1 Å². The van der Waals surface area contributed by atoms with Gasteiger partial charge in [-0.2, -0.15) is 5.26 Å². The van der Waals surface area contributed by atoms with Crippen molar-refractivity contribution in [1.29, 1.82) is 5.26 Å². The van der Waals surface area contributed by atoms with Crippen molar-refractivity contribution in [2.75, 3.05) is 18.1 Å². The fourth-order valence-electron chi connectivity index (χ4n) is 2.92. The second-order valence-corrected chi connectivity index (χ2v) is 5.70. The largest absolute Gasteiger partial charge is 0.462 e. The summed E-state index contributed by atoms with van der Waals surface area (Å²) < 4.78 is 19.1. The van der Waals surface area contributed by atoms with E-state index in [1.54, 1.807) is 19.2 Å². The van der Waals surface area contributed by atoms with Crippen LogP contribution in [0.4, 0.5) is 10.1 Å². The van der Waals surface area contributed by atoms with Gasteiger partial charge < -0.3 is 9.64 Å². The Morgan fingerprint density at radius 3 is 2.72 bits per heavy atom. The van der Waals surface area contributed by atoms with E-state index in [1.165, 1.54) is 12.1 Å². The van der Waals surface area contributed by atoms with Gasteiger partial charge in [-0.25, -0.2) is 9.18 Å². The molecule has 0 spiro atoms. The van der Waals surface area contributed by atoms with Crippen LogP contribution in [0, 0.1) is 17.1 Å². The molecule has 1 atom stereocenters. The van der Waals surface area contributed by atoms with Crippen molar-refractivity contribution in [2.24, 2.45) is 0 Å². The summed E-state index contributed by atoms with van der Waals surface area (Å²) in [5, 5.41) is 9.41. The predicted octanol–water partition coefficient (Wildman–Crippen LogP) is 4.01. The Morgan fingerprint density at radius 2 is 2.08 bits per heavy atom. The highest BCUT2D eigenvalue weighted by molar-refractivity contribution is 5.90. The molecule has 0 saturated carbocycles. The molecule has 0 aliphatic carbocycles. The van der Waals surface area contributed by atoms with Crippen molar-refractivity contribution in [3.8, 4) is 6.07 Å². The van der Waals surface area contributed by atoms with Crippen LogP contribution in [0.25, 0.3) is 0 Å². The van der Waals surface area contributed by atoms with Gasteiger partial charge in [-0.15, -0.1) is 0 Å². The summed E-state index contributed by atoms with van der Waals surface area (Å²) in [5.41, 5.74) is 2.17. The highest BCUT2D eigenvalue weighted by Gasteiger charge is 2.27. The average molecular weight is 336 g/mol. The number of esters is 1. The van der Waals surface area contributed by atoms with Gasteiger partial charge in [-0.1, -0.05) is 30.3 Å². The Morgan fingerprint density at radius 1 is 1.32 bits per heavy atom. The highest BCUT2D eigenvalue weighted by atomic mass is 19.1. The van der Waals surface area contributed by atoms with Crippen molar-refractivity contribution >= 4 is 11.7 Å². The van der Waals surface area contributed by atoms with Crippen molar-refractivity contribution in [2.45, 2.75) is 12.8 Å². The van der Waals surface area contributed by atoms with Crippen LogP contribution in [0.3, 0.4) is 0 Å². The minimum Gasteiger partial charge on any atom is -0.462 e. The maximum Gasteiger partial charge on any atom is 0.341 e. The average Bonchev–Trinajstić information content (AvgIpc) is 3.07. The number of hydrogen-bond acceptors (Lipinski definition) is 4. The Labute approximate surface area is 145 Å². The first-order valence-electron chi connectivity index (χ1n) is 8.04. The number of nitrogens with zero attached hydrogens (tertiary/aromatic N) is 2. The van der Waals surface area contributed by atoms with Crippen molar-refractivity contribution < 1.29 is 13.9 Å². The third-order valence-electron chi connectivity index (χ3n) is 4.16. The van der Waals surface area contributed by atoms with Crippen LogP contribution in [0.2, 0.25) is 0 Å². The predicted molar refractivity (Wildman–Crippen MR) is 92.6 cm³/mol. The molecule has 1 aliphatic heterocycles. The lowest BCUT2D eigenvalue weighted by atomic mass is 9.94. The van der Waals surface area contributed by atoms with Gasteiger partial charge in [0.2, 0.25) is 0 Å². The first-order chi connectivity index (χ1) is 12.1. The highest BCUT2D eigenvalue weighted by Crippen LogP contribution is 2.34. The molecule has 1 aliphatic rings. The number of halogens is 1. The molecule has 1 heterocycles. The van der Waals surface area contributed by atoms with E-state index in [9.17, 15) is 14.4 Å². The molecule has 0 N–H and O–H groups in total. The zero-order valence-electron chi connectivity index (χ0n) is 13.8. The molecule has 0 saturated heterocycles. The number of carbonyl (C=O) groups excluding carboxylic acids is 1. The molecule has 25 heavy (non-hydrogen) atoms. The Balaban J connectivity index is 1.86. The molecule has 0 aromatic heterocycles. The van der Waals surface area contributed by atoms with E-state index in [0.29, 0.717) is 17.8 Å². The topological polar surface area (TPSA) is 53.3 Å². The quantitative estimate of drug-likeness (QED) is 0.792. The second kappa shape index (κ2) is 7.18. The Kier molecular flexibility index (Phi) is 4.80. The number of ether oxygens (including phenoxy) is 1. The molecule has 1 unspecified atom stereocenters. The SMILES string of the molecule is CCOC(=O)c1ccc(N2C=C(C#N)C(c3ccccc3)C2)cc1F. The summed E-state index contributed by atoms with van der Waals surface area (Å²) in [6.07, 6.45) is 1.73. The molecular formula is C20H17FN2O2. The van der Waals surface area contributed by atoms with Gasteiger partial charge in [0, 0.05) is 24.4 Å². The molecule has 126 valence electrons. The van der Waals surface area contributed by atoms with Gasteiger partial charge in [0.1, 0.15) is 5.82 Å². The van der Waals surface area contributed by atoms with Crippen molar-refractivity contribution in [1.82, 2.24) is 0 Å². The van der Waals surface area contributed by atoms with E-state index >= 15 is 0 Å². The molecule has 0 radical (unpaired) electrons. The van der Waals surface area contributed by atoms with Gasteiger partial charge in [0.05, 0.1) is 23.8 Å². The normalized spacial score (nSPS) is 16.3. The molecule has 3 rings (SSSR count). The van der Waals surface area contributed by atoms with Crippen LogP contribution >= 0.6 is 0 Å². The van der Waals surface area contributed by atoms with Crippen LogP contribution in [-0.2, 0) is 4.74 Å². The maximum absolute atomic E-state index is 14.3. The van der Waals surface area contributed by atoms with Crippen LogP contribution < -0.4 is 4.90 Å². The maximum atomic E-state index is 14.3. The Bertz CT molecular complexity index is 856. The zero-order chi connectivity index (χ0) is 17.8. The number of nitriles is 1. The molecule has 4 nitrogen and oxygen atoms in total. The van der Waals surface area contributed by atoms with Crippen LogP contribution in [0.1, 0.15) is 28.8 Å².